The fourth-order valence-electron chi connectivity index (χ4n) is 2.16. The van der Waals surface area contributed by atoms with Crippen molar-refractivity contribution in [3.63, 3.8) is 0 Å². The van der Waals surface area contributed by atoms with E-state index < -0.39 is 0 Å². The summed E-state index contributed by atoms with van der Waals surface area (Å²) in [6, 6.07) is 7.81. The molecule has 104 valence electrons. The summed E-state index contributed by atoms with van der Waals surface area (Å²) in [6.07, 6.45) is 3.37. The number of aliphatic hydroxyl groups is 1. The van der Waals surface area contributed by atoms with E-state index in [1.807, 2.05) is 18.2 Å². The molecule has 4 nitrogen and oxygen atoms in total. The van der Waals surface area contributed by atoms with Gasteiger partial charge in [0, 0.05) is 24.5 Å². The molecular formula is C15H23N3O. The summed E-state index contributed by atoms with van der Waals surface area (Å²) in [4.78, 5) is 0. The van der Waals surface area contributed by atoms with Crippen LogP contribution < -0.4 is 11.1 Å². The van der Waals surface area contributed by atoms with Crippen molar-refractivity contribution in [1.82, 2.24) is 0 Å². The van der Waals surface area contributed by atoms with Gasteiger partial charge in [0.05, 0.1) is 12.5 Å². The lowest BCUT2D eigenvalue weighted by Crippen LogP contribution is -2.15. The van der Waals surface area contributed by atoms with Gasteiger partial charge in [-0.1, -0.05) is 13.3 Å². The molecular weight excluding hydrogens is 238 g/mol. The summed E-state index contributed by atoms with van der Waals surface area (Å²) in [5.41, 5.74) is 8.32. The number of aliphatic hydroxyl groups excluding tert-OH is 1. The number of hydrogen-bond acceptors (Lipinski definition) is 4. The molecule has 0 aliphatic rings. The van der Waals surface area contributed by atoms with Crippen molar-refractivity contribution < 1.29 is 5.11 Å². The quantitative estimate of drug-likeness (QED) is 0.628. The third kappa shape index (κ3) is 5.19. The molecule has 0 saturated heterocycles. The van der Waals surface area contributed by atoms with Gasteiger partial charge in [-0.3, -0.25) is 0 Å². The van der Waals surface area contributed by atoms with Crippen LogP contribution >= 0.6 is 0 Å². The van der Waals surface area contributed by atoms with Crippen LogP contribution in [0.1, 0.15) is 31.7 Å². The second-order valence-corrected chi connectivity index (χ2v) is 4.80. The SMILES string of the molecule is CCCC(CCO)CNc1ccc(N)c(CC#N)c1. The van der Waals surface area contributed by atoms with Gasteiger partial charge < -0.3 is 16.2 Å². The van der Waals surface area contributed by atoms with E-state index in [2.05, 4.69) is 18.3 Å². The lowest BCUT2D eigenvalue weighted by atomic mass is 10.00. The van der Waals surface area contributed by atoms with Crippen LogP contribution in [0.4, 0.5) is 11.4 Å². The van der Waals surface area contributed by atoms with E-state index in [0.717, 1.165) is 37.1 Å². The molecule has 4 heteroatoms. The maximum Gasteiger partial charge on any atom is 0.0670 e. The minimum atomic E-state index is 0.230. The Morgan fingerprint density at radius 2 is 2.21 bits per heavy atom. The summed E-state index contributed by atoms with van der Waals surface area (Å²) in [6.45, 7) is 3.22. The van der Waals surface area contributed by atoms with Gasteiger partial charge >= 0.3 is 0 Å². The summed E-state index contributed by atoms with van der Waals surface area (Å²) in [5, 5.41) is 21.1. The maximum absolute atomic E-state index is 9.03. The van der Waals surface area contributed by atoms with Crippen LogP contribution in [-0.2, 0) is 6.42 Å². The van der Waals surface area contributed by atoms with Crippen LogP contribution in [0.3, 0.4) is 0 Å². The van der Waals surface area contributed by atoms with Crippen LogP contribution in [-0.4, -0.2) is 18.3 Å². The summed E-state index contributed by atoms with van der Waals surface area (Å²) in [5.74, 6) is 0.479. The zero-order chi connectivity index (χ0) is 14.1. The molecule has 1 rings (SSSR count). The Hall–Kier alpha value is -1.73. The highest BCUT2D eigenvalue weighted by Crippen LogP contribution is 2.19. The molecule has 0 amide bonds. The summed E-state index contributed by atoms with van der Waals surface area (Å²) < 4.78 is 0. The van der Waals surface area contributed by atoms with E-state index in [4.69, 9.17) is 16.1 Å². The first-order valence-corrected chi connectivity index (χ1v) is 6.81. The Bertz CT molecular complexity index is 420. The van der Waals surface area contributed by atoms with Gasteiger partial charge in [0.25, 0.3) is 0 Å². The summed E-state index contributed by atoms with van der Waals surface area (Å²) in [7, 11) is 0. The predicted octanol–water partition coefficient (Wildman–Crippen LogP) is 2.55. The zero-order valence-electron chi connectivity index (χ0n) is 11.5. The molecule has 0 saturated carbocycles. The Kier molecular flexibility index (Phi) is 6.76. The monoisotopic (exact) mass is 261 g/mol. The highest BCUT2D eigenvalue weighted by atomic mass is 16.3. The average Bonchev–Trinajstić information content (AvgIpc) is 2.40. The molecule has 0 spiro atoms. The summed E-state index contributed by atoms with van der Waals surface area (Å²) >= 11 is 0. The van der Waals surface area contributed by atoms with Gasteiger partial charge in [-0.2, -0.15) is 5.26 Å². The van der Waals surface area contributed by atoms with Gasteiger partial charge in [0.1, 0.15) is 0 Å². The second-order valence-electron chi connectivity index (χ2n) is 4.80. The van der Waals surface area contributed by atoms with Gasteiger partial charge in [-0.05, 0) is 42.5 Å². The van der Waals surface area contributed by atoms with E-state index in [9.17, 15) is 0 Å². The standard InChI is InChI=1S/C15H23N3O/c1-2-3-12(7-9-19)11-18-14-4-5-15(17)13(10-14)6-8-16/h4-5,10,12,18-19H,2-3,6-7,9,11,17H2,1H3. The van der Waals surface area contributed by atoms with Gasteiger partial charge in [-0.25, -0.2) is 0 Å². The molecule has 19 heavy (non-hydrogen) atoms. The van der Waals surface area contributed by atoms with Crippen molar-refractivity contribution in [2.75, 3.05) is 24.2 Å². The van der Waals surface area contributed by atoms with Gasteiger partial charge in [-0.15, -0.1) is 0 Å². The van der Waals surface area contributed by atoms with E-state index in [0.29, 0.717) is 18.0 Å². The number of hydrogen-bond donors (Lipinski definition) is 3. The molecule has 0 bridgehead atoms. The second kappa shape index (κ2) is 8.39. The first kappa shape index (κ1) is 15.3. The highest BCUT2D eigenvalue weighted by Gasteiger charge is 2.07. The van der Waals surface area contributed by atoms with Crippen molar-refractivity contribution in [3.05, 3.63) is 23.8 Å². The molecule has 0 radical (unpaired) electrons. The van der Waals surface area contributed by atoms with Crippen LogP contribution in [0.15, 0.2) is 18.2 Å². The minimum Gasteiger partial charge on any atom is -0.398 e. The molecule has 1 unspecified atom stereocenters. The van der Waals surface area contributed by atoms with E-state index in [1.165, 1.54) is 0 Å². The molecule has 1 aromatic rings. The number of rotatable bonds is 8. The minimum absolute atomic E-state index is 0.230. The zero-order valence-corrected chi connectivity index (χ0v) is 11.5. The van der Waals surface area contributed by atoms with Crippen molar-refractivity contribution in [2.45, 2.75) is 32.6 Å². The molecule has 0 heterocycles. The van der Waals surface area contributed by atoms with Crippen LogP contribution in [0.25, 0.3) is 0 Å². The van der Waals surface area contributed by atoms with E-state index >= 15 is 0 Å². The number of nitrogens with zero attached hydrogens (tertiary/aromatic N) is 1. The van der Waals surface area contributed by atoms with E-state index in [-0.39, 0.29) is 6.61 Å². The van der Waals surface area contributed by atoms with Crippen molar-refractivity contribution in [3.8, 4) is 6.07 Å². The lowest BCUT2D eigenvalue weighted by molar-refractivity contribution is 0.255. The Morgan fingerprint density at radius 3 is 2.84 bits per heavy atom. The fraction of sp³-hybridized carbons (Fsp3) is 0.533. The predicted molar refractivity (Wildman–Crippen MR) is 78.8 cm³/mol. The Morgan fingerprint density at radius 1 is 1.42 bits per heavy atom. The number of benzene rings is 1. The number of anilines is 2. The van der Waals surface area contributed by atoms with E-state index in [1.54, 1.807) is 0 Å². The Balaban J connectivity index is 2.61. The van der Waals surface area contributed by atoms with Crippen molar-refractivity contribution in [2.24, 2.45) is 5.92 Å². The Labute approximate surface area is 115 Å². The van der Waals surface area contributed by atoms with Crippen LogP contribution in [0.2, 0.25) is 0 Å². The number of nitrogen functional groups attached to an aromatic ring is 1. The first-order chi connectivity index (χ1) is 9.21. The number of nitrogens with two attached hydrogens (primary N) is 1. The van der Waals surface area contributed by atoms with Crippen molar-refractivity contribution in [1.29, 1.82) is 5.26 Å². The van der Waals surface area contributed by atoms with Crippen LogP contribution in [0.5, 0.6) is 0 Å². The third-order valence-electron chi connectivity index (χ3n) is 3.24. The average molecular weight is 261 g/mol. The topological polar surface area (TPSA) is 82.1 Å². The number of nitrogens with one attached hydrogen (secondary N) is 1. The molecule has 1 atom stereocenters. The van der Waals surface area contributed by atoms with Gasteiger partial charge in [0.2, 0.25) is 0 Å². The van der Waals surface area contributed by atoms with Crippen LogP contribution in [0, 0.1) is 17.2 Å². The lowest BCUT2D eigenvalue weighted by Gasteiger charge is -2.17. The third-order valence-corrected chi connectivity index (χ3v) is 3.24. The normalized spacial score (nSPS) is 11.8. The molecule has 0 aliphatic heterocycles. The molecule has 0 fully saturated rings. The largest absolute Gasteiger partial charge is 0.398 e. The molecule has 0 aromatic heterocycles. The maximum atomic E-state index is 9.03. The number of nitriles is 1. The van der Waals surface area contributed by atoms with Gasteiger partial charge in [0.15, 0.2) is 0 Å². The first-order valence-electron chi connectivity index (χ1n) is 6.81. The highest BCUT2D eigenvalue weighted by molar-refractivity contribution is 5.58. The molecule has 1 aromatic carbocycles. The fourth-order valence-corrected chi connectivity index (χ4v) is 2.16. The smallest absolute Gasteiger partial charge is 0.0670 e. The molecule has 4 N–H and O–H groups in total. The molecule has 0 aliphatic carbocycles. The van der Waals surface area contributed by atoms with Crippen molar-refractivity contribution >= 4 is 11.4 Å².